The Hall–Kier alpha value is -4.32. The lowest BCUT2D eigenvalue weighted by Crippen LogP contribution is -2.71. The standard InChI is InChI=1S/C25H27N11O/c1-14-21(15(2)36-24(34(14)3)31-32-33-36)23(37)28-17-4-5-19-18(9-17)22(30-29-19)16-6-7-27-20(8-16)35-12-25(13-35)10-26-11-25/h4-9,15,26H,10-13H2,1-3H3,(H,28,37)(H,29,30)/t15-/m1/s1. The SMILES string of the molecule is CC1=C(C(=O)Nc2ccc3[nH]nc(-c4ccnc(N5CC6(CNC6)C5)c4)c3c2)[C@@H](C)n2nnnc2N1C. The number of hydrogen-bond donors (Lipinski definition) is 3. The summed E-state index contributed by atoms with van der Waals surface area (Å²) in [4.78, 5) is 22.2. The van der Waals surface area contributed by atoms with Gasteiger partial charge in [0.05, 0.1) is 17.1 Å². The molecule has 3 aliphatic heterocycles. The summed E-state index contributed by atoms with van der Waals surface area (Å²) in [6.45, 7) is 8.06. The molecule has 6 heterocycles. The maximum absolute atomic E-state index is 13.4. The number of aromatic amines is 1. The molecule has 12 heteroatoms. The predicted molar refractivity (Wildman–Crippen MR) is 139 cm³/mol. The molecule has 12 nitrogen and oxygen atoms in total. The van der Waals surface area contributed by atoms with Gasteiger partial charge in [-0.1, -0.05) is 5.10 Å². The number of fused-ring (bicyclic) bond motifs is 2. The molecule has 3 aliphatic rings. The average Bonchev–Trinajstić information content (AvgIpc) is 3.49. The maximum Gasteiger partial charge on any atom is 0.255 e. The number of rotatable bonds is 4. The fourth-order valence-corrected chi connectivity index (χ4v) is 5.65. The fraction of sp³-hybridized carbons (Fsp3) is 0.360. The van der Waals surface area contributed by atoms with Crippen molar-refractivity contribution >= 4 is 34.3 Å². The molecule has 188 valence electrons. The van der Waals surface area contributed by atoms with Gasteiger partial charge in [-0.25, -0.2) is 9.67 Å². The summed E-state index contributed by atoms with van der Waals surface area (Å²) >= 11 is 0. The van der Waals surface area contributed by atoms with E-state index in [9.17, 15) is 4.79 Å². The van der Waals surface area contributed by atoms with Crippen LogP contribution in [0.1, 0.15) is 19.9 Å². The molecule has 0 saturated carbocycles. The lowest BCUT2D eigenvalue weighted by atomic mass is 9.74. The second-order valence-electron chi connectivity index (χ2n) is 10.3. The summed E-state index contributed by atoms with van der Waals surface area (Å²) in [6, 6.07) is 9.55. The van der Waals surface area contributed by atoms with E-state index in [1.165, 1.54) is 0 Å². The first-order valence-corrected chi connectivity index (χ1v) is 12.4. The average molecular weight is 498 g/mol. The highest BCUT2D eigenvalue weighted by Gasteiger charge is 2.48. The Balaban J connectivity index is 1.16. The van der Waals surface area contributed by atoms with Crippen molar-refractivity contribution < 1.29 is 4.79 Å². The number of amides is 1. The summed E-state index contributed by atoms with van der Waals surface area (Å²) in [5, 5.41) is 27.0. The van der Waals surface area contributed by atoms with Gasteiger partial charge in [-0.2, -0.15) is 5.10 Å². The minimum atomic E-state index is -0.291. The lowest BCUT2D eigenvalue weighted by Gasteiger charge is -2.56. The van der Waals surface area contributed by atoms with Crippen molar-refractivity contribution in [3.8, 4) is 11.3 Å². The fourth-order valence-electron chi connectivity index (χ4n) is 5.65. The Morgan fingerprint density at radius 2 is 2.03 bits per heavy atom. The van der Waals surface area contributed by atoms with Crippen LogP contribution in [0.3, 0.4) is 0 Å². The van der Waals surface area contributed by atoms with Gasteiger partial charge in [0.25, 0.3) is 5.91 Å². The van der Waals surface area contributed by atoms with Crippen molar-refractivity contribution in [1.82, 2.24) is 40.7 Å². The van der Waals surface area contributed by atoms with Gasteiger partial charge < -0.3 is 20.4 Å². The highest BCUT2D eigenvalue weighted by molar-refractivity contribution is 6.07. The summed E-state index contributed by atoms with van der Waals surface area (Å²) in [6.07, 6.45) is 1.84. The molecule has 1 spiro atoms. The van der Waals surface area contributed by atoms with Crippen LogP contribution >= 0.6 is 0 Å². The molecule has 3 aromatic heterocycles. The van der Waals surface area contributed by atoms with Gasteiger partial charge in [0.1, 0.15) is 11.5 Å². The van der Waals surface area contributed by atoms with E-state index in [0.29, 0.717) is 22.6 Å². The highest BCUT2D eigenvalue weighted by Crippen LogP contribution is 2.38. The molecule has 0 unspecified atom stereocenters. The Kier molecular flexibility index (Phi) is 4.64. The van der Waals surface area contributed by atoms with Gasteiger partial charge in [-0.15, -0.1) is 0 Å². The van der Waals surface area contributed by atoms with Crippen LogP contribution in [0.15, 0.2) is 47.8 Å². The second-order valence-corrected chi connectivity index (χ2v) is 10.3. The maximum atomic E-state index is 13.4. The van der Waals surface area contributed by atoms with Crippen LogP contribution in [0, 0.1) is 5.41 Å². The molecule has 4 aromatic rings. The first-order chi connectivity index (χ1) is 17.9. The van der Waals surface area contributed by atoms with Crippen molar-refractivity contribution in [1.29, 1.82) is 0 Å². The molecule has 1 amide bonds. The van der Waals surface area contributed by atoms with E-state index in [4.69, 9.17) is 0 Å². The number of allylic oxidation sites excluding steroid dienone is 1. The first-order valence-electron chi connectivity index (χ1n) is 12.4. The summed E-state index contributed by atoms with van der Waals surface area (Å²) in [5.74, 6) is 1.39. The number of aromatic nitrogens is 7. The molecule has 0 aliphatic carbocycles. The molecule has 1 atom stereocenters. The third-order valence-corrected chi connectivity index (χ3v) is 7.91. The van der Waals surface area contributed by atoms with Crippen molar-refractivity contribution in [2.45, 2.75) is 19.9 Å². The molecular weight excluding hydrogens is 470 g/mol. The normalized spacial score (nSPS) is 20.1. The molecular formula is C25H27N11O. The molecule has 3 N–H and O–H groups in total. The van der Waals surface area contributed by atoms with Crippen LogP contribution < -0.4 is 20.4 Å². The van der Waals surface area contributed by atoms with Crippen LogP contribution in [-0.2, 0) is 4.79 Å². The number of carbonyl (C=O) groups excluding carboxylic acids is 1. The number of hydrogen-bond acceptors (Lipinski definition) is 9. The zero-order valence-electron chi connectivity index (χ0n) is 20.9. The number of carbonyl (C=O) groups is 1. The van der Waals surface area contributed by atoms with E-state index in [0.717, 1.165) is 59.9 Å². The minimum Gasteiger partial charge on any atom is -0.355 e. The Bertz CT molecular complexity index is 1570. The molecule has 37 heavy (non-hydrogen) atoms. The van der Waals surface area contributed by atoms with Crippen LogP contribution in [0.5, 0.6) is 0 Å². The van der Waals surface area contributed by atoms with E-state index >= 15 is 0 Å². The zero-order valence-corrected chi connectivity index (χ0v) is 20.9. The van der Waals surface area contributed by atoms with Crippen molar-refractivity contribution in [3.05, 3.63) is 47.8 Å². The summed E-state index contributed by atoms with van der Waals surface area (Å²) < 4.78 is 1.65. The molecule has 0 radical (unpaired) electrons. The predicted octanol–water partition coefficient (Wildman–Crippen LogP) is 1.94. The quantitative estimate of drug-likeness (QED) is 0.387. The number of H-pyrrole nitrogens is 1. The number of pyridine rings is 1. The first kappa shape index (κ1) is 21.9. The van der Waals surface area contributed by atoms with Crippen LogP contribution in [0.4, 0.5) is 17.5 Å². The number of benzene rings is 1. The monoisotopic (exact) mass is 497 g/mol. The van der Waals surface area contributed by atoms with E-state index in [-0.39, 0.29) is 11.9 Å². The van der Waals surface area contributed by atoms with Gasteiger partial charge in [0.15, 0.2) is 0 Å². The minimum absolute atomic E-state index is 0.189. The van der Waals surface area contributed by atoms with Crippen LogP contribution in [-0.4, -0.2) is 74.5 Å². The lowest BCUT2D eigenvalue weighted by molar-refractivity contribution is -0.113. The highest BCUT2D eigenvalue weighted by atomic mass is 16.1. The van der Waals surface area contributed by atoms with E-state index in [1.54, 1.807) is 4.68 Å². The van der Waals surface area contributed by atoms with E-state index in [2.05, 4.69) is 52.3 Å². The second kappa shape index (κ2) is 7.84. The molecule has 7 rings (SSSR count). The van der Waals surface area contributed by atoms with Crippen LogP contribution in [0.2, 0.25) is 0 Å². The summed E-state index contributed by atoms with van der Waals surface area (Å²) in [5.41, 5.74) is 5.25. The third-order valence-electron chi connectivity index (χ3n) is 7.91. The topological polar surface area (TPSA) is 133 Å². The summed E-state index contributed by atoms with van der Waals surface area (Å²) in [7, 11) is 1.85. The van der Waals surface area contributed by atoms with Gasteiger partial charge >= 0.3 is 0 Å². The molecule has 0 bridgehead atoms. The van der Waals surface area contributed by atoms with Gasteiger partial charge in [-0.3, -0.25) is 9.89 Å². The largest absolute Gasteiger partial charge is 0.355 e. The number of nitrogens with zero attached hydrogens (tertiary/aromatic N) is 8. The van der Waals surface area contributed by atoms with Crippen molar-refractivity contribution in [2.24, 2.45) is 5.41 Å². The van der Waals surface area contributed by atoms with Crippen molar-refractivity contribution in [3.63, 3.8) is 0 Å². The van der Waals surface area contributed by atoms with Gasteiger partial charge in [0.2, 0.25) is 5.95 Å². The number of nitrogens with one attached hydrogen (secondary N) is 3. The van der Waals surface area contributed by atoms with E-state index in [1.807, 2.05) is 56.3 Å². The van der Waals surface area contributed by atoms with E-state index < -0.39 is 0 Å². The Morgan fingerprint density at radius 1 is 1.19 bits per heavy atom. The smallest absolute Gasteiger partial charge is 0.255 e. The molecule has 2 saturated heterocycles. The molecule has 1 aromatic carbocycles. The van der Waals surface area contributed by atoms with Crippen LogP contribution in [0.25, 0.3) is 22.2 Å². The molecule has 2 fully saturated rings. The third kappa shape index (κ3) is 3.32. The zero-order chi connectivity index (χ0) is 25.3. The van der Waals surface area contributed by atoms with Gasteiger partial charge in [0, 0.05) is 67.2 Å². The number of tetrazole rings is 1. The number of anilines is 3. The van der Waals surface area contributed by atoms with Gasteiger partial charge in [-0.05, 0) is 54.6 Å². The Labute approximate surface area is 212 Å². The van der Waals surface area contributed by atoms with Crippen molar-refractivity contribution in [2.75, 3.05) is 48.3 Å². The Morgan fingerprint density at radius 3 is 2.81 bits per heavy atom.